The van der Waals surface area contributed by atoms with Crippen LogP contribution in [0.4, 0.5) is 0 Å². The van der Waals surface area contributed by atoms with E-state index in [9.17, 15) is 0 Å². The fourth-order valence-corrected chi connectivity index (χ4v) is 0. The first-order chi connectivity index (χ1) is 1.73. The van der Waals surface area contributed by atoms with Crippen LogP contribution in [-0.4, -0.2) is 5.09 Å². The molecule has 0 aromatic heterocycles. The van der Waals surface area contributed by atoms with Gasteiger partial charge in [0.2, 0.25) is 0 Å². The zero-order valence-electron chi connectivity index (χ0n) is 2.71. The van der Waals surface area contributed by atoms with Gasteiger partial charge in [-0.1, -0.05) is 0 Å². The summed E-state index contributed by atoms with van der Waals surface area (Å²) < 4.78 is 0. The molecular weight excluding hydrogens is 135 g/mol. The maximum Gasteiger partial charge on any atom is 2.00 e. The molecule has 6 heavy (non-hydrogen) atoms. The molecule has 0 aliphatic heterocycles. The van der Waals surface area contributed by atoms with Crippen LogP contribution in [0, 0.1) is 15.3 Å². The minimum absolute atomic E-state index is 0. The number of hydrogen-bond donors (Lipinski definition) is 1. The van der Waals surface area contributed by atoms with Crippen LogP contribution in [-0.2, 0) is 16.8 Å². The third-order valence-corrected chi connectivity index (χ3v) is 0. The monoisotopic (exact) mass is 138 g/mol. The molecule has 1 radical (unpaired) electrons. The van der Waals surface area contributed by atoms with Crippen molar-refractivity contribution >= 4 is 0 Å². The third kappa shape index (κ3) is 234. The van der Waals surface area contributed by atoms with Crippen LogP contribution in [0.3, 0.4) is 0 Å². The summed E-state index contributed by atoms with van der Waals surface area (Å²) in [7, 11) is 0. The van der Waals surface area contributed by atoms with Crippen LogP contribution in [0.5, 0.6) is 0 Å². The molecule has 3 N–H and O–H groups in total. The zero-order chi connectivity index (χ0) is 3.58. The van der Waals surface area contributed by atoms with Gasteiger partial charge < -0.3 is 21.5 Å². The van der Waals surface area contributed by atoms with Crippen molar-refractivity contribution in [3.05, 3.63) is 15.3 Å². The van der Waals surface area contributed by atoms with Gasteiger partial charge in [0.1, 0.15) is 0 Å². The van der Waals surface area contributed by atoms with Crippen LogP contribution >= 0.6 is 0 Å². The summed E-state index contributed by atoms with van der Waals surface area (Å²) in [6.07, 6.45) is 0. The largest absolute Gasteiger partial charge is 2.00 e. The molecular formula is H3CoN2O3+. The quantitative estimate of drug-likeness (QED) is 0.373. The standard InChI is InChI=1S/Co.NO3.H3N/c;2-1(3)4;/h;;1H3/q+2;-1;. The van der Waals surface area contributed by atoms with Gasteiger partial charge in [0.15, 0.2) is 0 Å². The molecule has 0 aliphatic carbocycles. The normalized spacial score (nSPS) is 4.00. The maximum absolute atomic E-state index is 8.25. The predicted molar refractivity (Wildman–Crippen MR) is 15.4 cm³/mol. The van der Waals surface area contributed by atoms with Crippen molar-refractivity contribution in [2.24, 2.45) is 0 Å². The molecule has 0 rings (SSSR count). The van der Waals surface area contributed by atoms with Gasteiger partial charge in [-0.15, -0.1) is 0 Å². The minimum atomic E-state index is -1.75. The summed E-state index contributed by atoms with van der Waals surface area (Å²) in [5.41, 5.74) is 0. The second-order valence-electron chi connectivity index (χ2n) is 0.224. The first-order valence-corrected chi connectivity index (χ1v) is 0.548. The molecule has 39 valence electrons. The van der Waals surface area contributed by atoms with Gasteiger partial charge in [-0.05, 0) is 0 Å². The van der Waals surface area contributed by atoms with Crippen LogP contribution in [0.15, 0.2) is 0 Å². The topological polar surface area (TPSA) is 101 Å². The second kappa shape index (κ2) is 8.82. The molecule has 0 spiro atoms. The third-order valence-electron chi connectivity index (χ3n) is 0. The molecule has 0 unspecified atom stereocenters. The van der Waals surface area contributed by atoms with Crippen molar-refractivity contribution < 1.29 is 21.9 Å². The van der Waals surface area contributed by atoms with E-state index in [2.05, 4.69) is 0 Å². The summed E-state index contributed by atoms with van der Waals surface area (Å²) in [4.78, 5) is 8.25. The number of hydrogen-bond acceptors (Lipinski definition) is 4. The molecule has 0 amide bonds. The van der Waals surface area contributed by atoms with Crippen LogP contribution < -0.4 is 6.15 Å². The Hall–Kier alpha value is -0.334. The number of nitrogens with zero attached hydrogens (tertiary/aromatic N) is 1. The molecule has 0 bridgehead atoms. The van der Waals surface area contributed by atoms with Gasteiger partial charge in [0.05, 0.1) is 5.09 Å². The Kier molecular flexibility index (Phi) is 25.5. The molecule has 6 heteroatoms. The van der Waals surface area contributed by atoms with Crippen molar-refractivity contribution in [1.82, 2.24) is 6.15 Å². The van der Waals surface area contributed by atoms with Crippen LogP contribution in [0.25, 0.3) is 0 Å². The molecule has 0 aliphatic rings. The summed E-state index contributed by atoms with van der Waals surface area (Å²) in [6.45, 7) is 0. The molecule has 0 saturated heterocycles. The predicted octanol–water partition coefficient (Wildman–Crippen LogP) is -0.0796. The van der Waals surface area contributed by atoms with Gasteiger partial charge in [-0.2, -0.15) is 0 Å². The first-order valence-electron chi connectivity index (χ1n) is 0.548. The van der Waals surface area contributed by atoms with E-state index in [1.54, 1.807) is 0 Å². The van der Waals surface area contributed by atoms with Gasteiger partial charge in [0.25, 0.3) is 0 Å². The Labute approximate surface area is 44.2 Å². The van der Waals surface area contributed by atoms with E-state index in [0.29, 0.717) is 0 Å². The molecule has 0 atom stereocenters. The minimum Gasteiger partial charge on any atom is -0.356 e. The van der Waals surface area contributed by atoms with Gasteiger partial charge in [-0.3, -0.25) is 0 Å². The van der Waals surface area contributed by atoms with E-state index in [-0.39, 0.29) is 22.9 Å². The Balaban J connectivity index is -0.0000000450. The zero-order valence-corrected chi connectivity index (χ0v) is 3.75. The van der Waals surface area contributed by atoms with Crippen molar-refractivity contribution in [1.29, 1.82) is 0 Å². The fraction of sp³-hybridized carbons (Fsp3) is 0. The SMILES string of the molecule is N.O=[N+]([O-])[O-].[Co+2]. The number of rotatable bonds is 0. The second-order valence-corrected chi connectivity index (χ2v) is 0.224. The Morgan fingerprint density at radius 3 is 1.33 bits per heavy atom. The fourth-order valence-electron chi connectivity index (χ4n) is 0. The van der Waals surface area contributed by atoms with Crippen molar-refractivity contribution in [2.45, 2.75) is 0 Å². The average Bonchev–Trinajstić information content (AvgIpc) is 0.811. The molecule has 0 aromatic carbocycles. The van der Waals surface area contributed by atoms with E-state index < -0.39 is 5.09 Å². The maximum atomic E-state index is 8.25. The van der Waals surface area contributed by atoms with Crippen molar-refractivity contribution in [3.8, 4) is 0 Å². The van der Waals surface area contributed by atoms with E-state index in [1.807, 2.05) is 0 Å². The van der Waals surface area contributed by atoms with Gasteiger partial charge in [-0.25, -0.2) is 0 Å². The van der Waals surface area contributed by atoms with E-state index in [0.717, 1.165) is 0 Å². The van der Waals surface area contributed by atoms with Crippen LogP contribution in [0.2, 0.25) is 0 Å². The molecule has 0 aromatic rings. The Bertz CT molecular complexity index is 31.8. The molecule has 0 fully saturated rings. The van der Waals surface area contributed by atoms with Gasteiger partial charge >= 0.3 is 16.8 Å². The Morgan fingerprint density at radius 2 is 1.33 bits per heavy atom. The van der Waals surface area contributed by atoms with Crippen LogP contribution in [0.1, 0.15) is 0 Å². The summed E-state index contributed by atoms with van der Waals surface area (Å²) in [5.74, 6) is 0. The van der Waals surface area contributed by atoms with E-state index >= 15 is 0 Å². The van der Waals surface area contributed by atoms with E-state index in [1.165, 1.54) is 0 Å². The first kappa shape index (κ1) is 17.4. The average molecular weight is 138 g/mol. The van der Waals surface area contributed by atoms with Crippen molar-refractivity contribution in [2.75, 3.05) is 0 Å². The van der Waals surface area contributed by atoms with Crippen molar-refractivity contribution in [3.63, 3.8) is 0 Å². The molecule has 0 heterocycles. The summed E-state index contributed by atoms with van der Waals surface area (Å²) >= 11 is 0. The smallest absolute Gasteiger partial charge is 0.356 e. The van der Waals surface area contributed by atoms with E-state index in [4.69, 9.17) is 15.3 Å². The molecule has 0 saturated carbocycles. The van der Waals surface area contributed by atoms with Gasteiger partial charge in [0, 0.05) is 0 Å². The summed E-state index contributed by atoms with van der Waals surface area (Å²) in [5, 5.41) is 14.8. The molecule has 5 nitrogen and oxygen atoms in total. The summed E-state index contributed by atoms with van der Waals surface area (Å²) in [6, 6.07) is 0. The Morgan fingerprint density at radius 1 is 1.33 bits per heavy atom.